The lowest BCUT2D eigenvalue weighted by Gasteiger charge is -2.35. The van der Waals surface area contributed by atoms with Crippen molar-refractivity contribution in [2.24, 2.45) is 0 Å². The summed E-state index contributed by atoms with van der Waals surface area (Å²) in [6.45, 7) is 8.64. The van der Waals surface area contributed by atoms with E-state index in [1.807, 2.05) is 11.8 Å². The van der Waals surface area contributed by atoms with Gasteiger partial charge in [-0.2, -0.15) is 0 Å². The van der Waals surface area contributed by atoms with Gasteiger partial charge in [-0.3, -0.25) is 4.79 Å². The third kappa shape index (κ3) is 3.77. The molecule has 7 heteroatoms. The number of hydrogen-bond acceptors (Lipinski definition) is 4. The predicted molar refractivity (Wildman–Crippen MR) is 117 cm³/mol. The first-order valence-electron chi connectivity index (χ1n) is 10.9. The van der Waals surface area contributed by atoms with Crippen LogP contribution in [0.25, 0.3) is 0 Å². The molecule has 2 aromatic rings. The molecule has 0 saturated heterocycles. The zero-order valence-corrected chi connectivity index (χ0v) is 19.0. The van der Waals surface area contributed by atoms with Crippen molar-refractivity contribution in [2.75, 3.05) is 25.7 Å². The van der Waals surface area contributed by atoms with Gasteiger partial charge in [0.2, 0.25) is 0 Å². The zero-order chi connectivity index (χ0) is 22.0. The molecular weight excluding hydrogens is 383 g/mol. The number of hydrogen-bond donors (Lipinski definition) is 0. The van der Waals surface area contributed by atoms with Gasteiger partial charge in [0.15, 0.2) is 23.1 Å². The molecule has 1 aliphatic heterocycles. The number of nitrogens with zero attached hydrogens (tertiary/aromatic N) is 4. The number of aryl methyl sites for hydroxylation is 2. The Morgan fingerprint density at radius 1 is 1.27 bits per heavy atom. The van der Waals surface area contributed by atoms with Gasteiger partial charge in [0.1, 0.15) is 5.82 Å². The molecular formula is C23H33FN4O2. The number of amides is 1. The molecule has 164 valence electrons. The third-order valence-corrected chi connectivity index (χ3v) is 5.93. The Balaban J connectivity index is 2.18. The van der Waals surface area contributed by atoms with E-state index < -0.39 is 5.82 Å². The van der Waals surface area contributed by atoms with Gasteiger partial charge in [-0.15, -0.1) is 0 Å². The zero-order valence-electron chi connectivity index (χ0n) is 19.0. The molecule has 0 aliphatic carbocycles. The van der Waals surface area contributed by atoms with E-state index in [0.29, 0.717) is 23.9 Å². The average molecular weight is 417 g/mol. The standard InChI is InChI=1S/C23H33FN4O2/c1-7-10-11-16(8-2)28-20(9-3)25-22-21(28)23(29)26(5)14-27(22)18-13-17(24)19(30-6)12-15(18)4/h12-13,16H,7-11,14H2,1-6H3. The van der Waals surface area contributed by atoms with Crippen LogP contribution in [0.4, 0.5) is 15.9 Å². The third-order valence-electron chi connectivity index (χ3n) is 5.93. The number of imidazole rings is 1. The Hall–Kier alpha value is -2.57. The van der Waals surface area contributed by atoms with E-state index in [-0.39, 0.29) is 17.7 Å². The molecule has 1 aromatic carbocycles. The number of aromatic nitrogens is 2. The largest absolute Gasteiger partial charge is 0.494 e. The Bertz CT molecular complexity index is 924. The summed E-state index contributed by atoms with van der Waals surface area (Å²) < 4.78 is 21.8. The smallest absolute Gasteiger partial charge is 0.275 e. The van der Waals surface area contributed by atoms with Crippen molar-refractivity contribution in [3.05, 3.63) is 35.0 Å². The van der Waals surface area contributed by atoms with Crippen LogP contribution in [0.1, 0.15) is 74.4 Å². The first kappa shape index (κ1) is 22.1. The molecule has 0 radical (unpaired) electrons. The number of rotatable bonds is 8. The van der Waals surface area contributed by atoms with Crippen LogP contribution < -0.4 is 9.64 Å². The molecule has 1 unspecified atom stereocenters. The lowest BCUT2D eigenvalue weighted by Crippen LogP contribution is -2.43. The van der Waals surface area contributed by atoms with Crippen molar-refractivity contribution in [3.8, 4) is 5.75 Å². The summed E-state index contributed by atoms with van der Waals surface area (Å²) in [5.41, 5.74) is 2.18. The second kappa shape index (κ2) is 9.06. The fraction of sp³-hybridized carbons (Fsp3) is 0.565. The van der Waals surface area contributed by atoms with Crippen molar-refractivity contribution in [1.82, 2.24) is 14.5 Å². The van der Waals surface area contributed by atoms with Crippen LogP contribution in [0.2, 0.25) is 0 Å². The van der Waals surface area contributed by atoms with Crippen molar-refractivity contribution in [2.45, 2.75) is 65.8 Å². The number of methoxy groups -OCH3 is 1. The highest BCUT2D eigenvalue weighted by Gasteiger charge is 2.36. The molecule has 0 bridgehead atoms. The van der Waals surface area contributed by atoms with Gasteiger partial charge in [0.05, 0.1) is 19.5 Å². The van der Waals surface area contributed by atoms with Gasteiger partial charge < -0.3 is 19.1 Å². The van der Waals surface area contributed by atoms with Crippen LogP contribution in [-0.4, -0.2) is 41.2 Å². The summed E-state index contributed by atoms with van der Waals surface area (Å²) in [4.78, 5) is 21.7. The summed E-state index contributed by atoms with van der Waals surface area (Å²) in [5, 5.41) is 0. The van der Waals surface area contributed by atoms with Crippen LogP contribution in [0, 0.1) is 12.7 Å². The van der Waals surface area contributed by atoms with Gasteiger partial charge >= 0.3 is 0 Å². The number of carbonyl (C=O) groups excluding carboxylic acids is 1. The molecule has 0 N–H and O–H groups in total. The van der Waals surface area contributed by atoms with Crippen molar-refractivity contribution < 1.29 is 13.9 Å². The Morgan fingerprint density at radius 2 is 2.00 bits per heavy atom. The van der Waals surface area contributed by atoms with Gasteiger partial charge in [-0.05, 0) is 31.4 Å². The van der Waals surface area contributed by atoms with E-state index in [4.69, 9.17) is 9.72 Å². The van der Waals surface area contributed by atoms with Crippen LogP contribution in [0.15, 0.2) is 12.1 Å². The number of fused-ring (bicyclic) bond motifs is 1. The molecule has 1 atom stereocenters. The summed E-state index contributed by atoms with van der Waals surface area (Å²) in [6.07, 6.45) is 4.89. The van der Waals surface area contributed by atoms with E-state index in [1.54, 1.807) is 18.0 Å². The number of ether oxygens (including phenoxy) is 1. The fourth-order valence-corrected chi connectivity index (χ4v) is 4.26. The molecule has 3 rings (SSSR count). The molecule has 2 heterocycles. The minimum atomic E-state index is -0.427. The van der Waals surface area contributed by atoms with Crippen molar-refractivity contribution in [1.29, 1.82) is 0 Å². The molecule has 1 aromatic heterocycles. The molecule has 0 spiro atoms. The first-order chi connectivity index (χ1) is 14.4. The minimum Gasteiger partial charge on any atom is -0.494 e. The Morgan fingerprint density at radius 3 is 2.60 bits per heavy atom. The van der Waals surface area contributed by atoms with E-state index in [9.17, 15) is 9.18 Å². The molecule has 30 heavy (non-hydrogen) atoms. The second-order valence-corrected chi connectivity index (χ2v) is 7.97. The van der Waals surface area contributed by atoms with E-state index in [1.165, 1.54) is 13.2 Å². The minimum absolute atomic E-state index is 0.0324. The van der Waals surface area contributed by atoms with E-state index in [0.717, 1.165) is 43.5 Å². The highest BCUT2D eigenvalue weighted by atomic mass is 19.1. The van der Waals surface area contributed by atoms with Crippen molar-refractivity contribution in [3.63, 3.8) is 0 Å². The number of carbonyl (C=O) groups is 1. The average Bonchev–Trinajstić information content (AvgIpc) is 3.12. The topological polar surface area (TPSA) is 50.6 Å². The monoisotopic (exact) mass is 416 g/mol. The predicted octanol–water partition coefficient (Wildman–Crippen LogP) is 5.22. The maximum Gasteiger partial charge on any atom is 0.275 e. The first-order valence-corrected chi connectivity index (χ1v) is 10.9. The number of halogens is 1. The van der Waals surface area contributed by atoms with Gasteiger partial charge in [0, 0.05) is 25.6 Å². The fourth-order valence-electron chi connectivity index (χ4n) is 4.26. The van der Waals surface area contributed by atoms with Crippen LogP contribution in [-0.2, 0) is 6.42 Å². The maximum absolute atomic E-state index is 14.6. The van der Waals surface area contributed by atoms with Crippen LogP contribution in [0.3, 0.4) is 0 Å². The number of benzene rings is 1. The molecule has 0 saturated carbocycles. The SMILES string of the molecule is CCCCC(CC)n1c(CC)nc2c1C(=O)N(C)CN2c1cc(F)c(OC)cc1C. The summed E-state index contributed by atoms with van der Waals surface area (Å²) in [6, 6.07) is 3.39. The normalized spacial score (nSPS) is 14.8. The highest BCUT2D eigenvalue weighted by molar-refractivity contribution is 6.00. The lowest BCUT2D eigenvalue weighted by atomic mass is 10.1. The Labute approximate surface area is 178 Å². The van der Waals surface area contributed by atoms with Crippen LogP contribution in [0.5, 0.6) is 5.75 Å². The Kier molecular flexibility index (Phi) is 6.68. The highest BCUT2D eigenvalue weighted by Crippen LogP contribution is 2.39. The molecule has 1 aliphatic rings. The second-order valence-electron chi connectivity index (χ2n) is 7.97. The number of unbranched alkanes of at least 4 members (excludes halogenated alkanes) is 1. The number of anilines is 2. The molecule has 1 amide bonds. The maximum atomic E-state index is 14.6. The summed E-state index contributed by atoms with van der Waals surface area (Å²) in [5.74, 6) is 1.28. The molecule has 6 nitrogen and oxygen atoms in total. The van der Waals surface area contributed by atoms with Gasteiger partial charge in [-0.25, -0.2) is 9.37 Å². The molecule has 0 fully saturated rings. The van der Waals surface area contributed by atoms with Gasteiger partial charge in [0.25, 0.3) is 5.91 Å². The lowest BCUT2D eigenvalue weighted by molar-refractivity contribution is 0.0772. The van der Waals surface area contributed by atoms with E-state index >= 15 is 0 Å². The van der Waals surface area contributed by atoms with Crippen molar-refractivity contribution >= 4 is 17.4 Å². The van der Waals surface area contributed by atoms with Gasteiger partial charge in [-0.1, -0.05) is 33.6 Å². The summed E-state index contributed by atoms with van der Waals surface area (Å²) >= 11 is 0. The van der Waals surface area contributed by atoms with E-state index in [2.05, 4.69) is 25.3 Å². The quantitative estimate of drug-likeness (QED) is 0.592. The van der Waals surface area contributed by atoms with Crippen LogP contribution >= 0.6 is 0 Å². The summed E-state index contributed by atoms with van der Waals surface area (Å²) in [7, 11) is 3.24.